The first kappa shape index (κ1) is 22.7. The fourth-order valence-corrected chi connectivity index (χ4v) is 3.99. The molecule has 5 nitrogen and oxygen atoms in total. The third kappa shape index (κ3) is 7.80. The number of ether oxygens (including phenoxy) is 1. The van der Waals surface area contributed by atoms with Gasteiger partial charge in [0.15, 0.2) is 5.96 Å². The van der Waals surface area contributed by atoms with Gasteiger partial charge in [0.2, 0.25) is 0 Å². The maximum Gasteiger partial charge on any atom is 0.191 e. The van der Waals surface area contributed by atoms with Crippen LogP contribution in [0.1, 0.15) is 58.1 Å². The van der Waals surface area contributed by atoms with Crippen LogP contribution in [-0.4, -0.2) is 43.9 Å². The first-order chi connectivity index (χ1) is 13.6. The Hall–Kier alpha value is -1.59. The molecule has 3 unspecified atom stereocenters. The quantitative estimate of drug-likeness (QED) is 0.421. The van der Waals surface area contributed by atoms with Crippen LogP contribution in [0.5, 0.6) is 0 Å². The van der Waals surface area contributed by atoms with Crippen LogP contribution in [0.2, 0.25) is 0 Å². The lowest BCUT2D eigenvalue weighted by Gasteiger charge is -2.32. The molecule has 1 aromatic rings. The summed E-state index contributed by atoms with van der Waals surface area (Å²) in [5.41, 5.74) is 1.26. The Morgan fingerprint density at radius 2 is 2.04 bits per heavy atom. The summed E-state index contributed by atoms with van der Waals surface area (Å²) in [6.07, 6.45) is 4.32. The molecule has 0 amide bonds. The molecule has 3 atom stereocenters. The Bertz CT molecular complexity index is 562. The van der Waals surface area contributed by atoms with Crippen LogP contribution in [0.15, 0.2) is 35.3 Å². The standard InChI is InChI=1S/C23H39N3O2/c1-4-24-23(25-16-19(12-13-27)15-18(2)3)26-17-21-11-8-14-28-22(21)20-9-6-5-7-10-20/h5-7,9-10,18-19,21-22,27H,4,8,11-17H2,1-3H3,(H2,24,25,26). The second-order valence-corrected chi connectivity index (χ2v) is 8.21. The highest BCUT2D eigenvalue weighted by Gasteiger charge is 2.27. The van der Waals surface area contributed by atoms with Crippen LogP contribution in [0.4, 0.5) is 0 Å². The van der Waals surface area contributed by atoms with Crippen molar-refractivity contribution >= 4 is 5.96 Å². The maximum atomic E-state index is 9.34. The molecule has 1 aliphatic rings. The van der Waals surface area contributed by atoms with Gasteiger partial charge >= 0.3 is 0 Å². The largest absolute Gasteiger partial charge is 0.396 e. The van der Waals surface area contributed by atoms with Gasteiger partial charge in [0, 0.05) is 38.8 Å². The average molecular weight is 390 g/mol. The summed E-state index contributed by atoms with van der Waals surface area (Å²) >= 11 is 0. The number of guanidine groups is 1. The summed E-state index contributed by atoms with van der Waals surface area (Å²) in [4.78, 5) is 4.81. The molecule has 0 bridgehead atoms. The van der Waals surface area contributed by atoms with Crippen molar-refractivity contribution in [2.45, 2.75) is 52.6 Å². The van der Waals surface area contributed by atoms with E-state index in [1.165, 1.54) is 5.56 Å². The zero-order chi connectivity index (χ0) is 20.2. The first-order valence-electron chi connectivity index (χ1n) is 10.9. The van der Waals surface area contributed by atoms with Crippen LogP contribution in [0.25, 0.3) is 0 Å². The van der Waals surface area contributed by atoms with Gasteiger partial charge < -0.3 is 20.5 Å². The van der Waals surface area contributed by atoms with E-state index in [-0.39, 0.29) is 12.7 Å². The highest BCUT2D eigenvalue weighted by Crippen LogP contribution is 2.33. The van der Waals surface area contributed by atoms with E-state index in [2.05, 4.69) is 61.7 Å². The first-order valence-corrected chi connectivity index (χ1v) is 10.9. The third-order valence-corrected chi connectivity index (χ3v) is 5.30. The van der Waals surface area contributed by atoms with E-state index in [9.17, 15) is 5.11 Å². The van der Waals surface area contributed by atoms with Gasteiger partial charge in [-0.15, -0.1) is 0 Å². The van der Waals surface area contributed by atoms with E-state index in [1.54, 1.807) is 0 Å². The molecular formula is C23H39N3O2. The van der Waals surface area contributed by atoms with Crippen molar-refractivity contribution in [1.82, 2.24) is 10.6 Å². The molecule has 1 aliphatic heterocycles. The van der Waals surface area contributed by atoms with Crippen molar-refractivity contribution in [2.75, 3.05) is 32.8 Å². The van der Waals surface area contributed by atoms with Crippen LogP contribution in [0.3, 0.4) is 0 Å². The number of aliphatic hydroxyl groups excluding tert-OH is 1. The SMILES string of the molecule is CCNC(=NCC(CCO)CC(C)C)NCC1CCCOC1c1ccccc1. The summed E-state index contributed by atoms with van der Waals surface area (Å²) in [6, 6.07) is 10.5. The highest BCUT2D eigenvalue weighted by molar-refractivity contribution is 5.79. The van der Waals surface area contributed by atoms with Crippen molar-refractivity contribution in [1.29, 1.82) is 0 Å². The van der Waals surface area contributed by atoms with E-state index >= 15 is 0 Å². The minimum Gasteiger partial charge on any atom is -0.396 e. The van der Waals surface area contributed by atoms with Crippen molar-refractivity contribution in [3.05, 3.63) is 35.9 Å². The normalized spacial score (nSPS) is 21.5. The summed E-state index contributed by atoms with van der Waals surface area (Å²) < 4.78 is 6.11. The molecule has 0 aromatic heterocycles. The zero-order valence-corrected chi connectivity index (χ0v) is 17.9. The van der Waals surface area contributed by atoms with Gasteiger partial charge in [0.1, 0.15) is 0 Å². The van der Waals surface area contributed by atoms with Gasteiger partial charge in [-0.3, -0.25) is 4.99 Å². The Balaban J connectivity index is 1.96. The maximum absolute atomic E-state index is 9.34. The smallest absolute Gasteiger partial charge is 0.191 e. The Labute approximate surface area is 171 Å². The lowest BCUT2D eigenvalue weighted by Crippen LogP contribution is -2.42. The molecule has 158 valence electrons. The predicted octanol–water partition coefficient (Wildman–Crippen LogP) is 3.75. The van der Waals surface area contributed by atoms with Gasteiger partial charge in [0.05, 0.1) is 6.10 Å². The molecule has 5 heteroatoms. The number of hydrogen-bond acceptors (Lipinski definition) is 3. The molecule has 0 aliphatic carbocycles. The Morgan fingerprint density at radius 1 is 1.25 bits per heavy atom. The summed E-state index contributed by atoms with van der Waals surface area (Å²) in [5.74, 6) is 2.35. The summed E-state index contributed by atoms with van der Waals surface area (Å²) in [7, 11) is 0. The van der Waals surface area contributed by atoms with E-state index in [1.807, 2.05) is 0 Å². The van der Waals surface area contributed by atoms with Gasteiger partial charge in [-0.25, -0.2) is 0 Å². The minimum absolute atomic E-state index is 0.147. The molecule has 28 heavy (non-hydrogen) atoms. The molecule has 0 spiro atoms. The molecule has 3 N–H and O–H groups in total. The lowest BCUT2D eigenvalue weighted by atomic mass is 9.89. The van der Waals surface area contributed by atoms with Crippen LogP contribution >= 0.6 is 0 Å². The van der Waals surface area contributed by atoms with Crippen LogP contribution in [-0.2, 0) is 4.74 Å². The van der Waals surface area contributed by atoms with Crippen molar-refractivity contribution in [3.8, 4) is 0 Å². The molecule has 1 aromatic carbocycles. The van der Waals surface area contributed by atoms with Gasteiger partial charge in [-0.1, -0.05) is 44.2 Å². The minimum atomic E-state index is 0.147. The van der Waals surface area contributed by atoms with Crippen molar-refractivity contribution < 1.29 is 9.84 Å². The molecule has 2 rings (SSSR count). The summed E-state index contributed by atoms with van der Waals surface area (Å²) in [6.45, 7) is 10.0. The van der Waals surface area contributed by atoms with Crippen molar-refractivity contribution in [2.24, 2.45) is 22.7 Å². The molecule has 1 fully saturated rings. The number of nitrogens with zero attached hydrogens (tertiary/aromatic N) is 1. The zero-order valence-electron chi connectivity index (χ0n) is 17.9. The Kier molecular flexibility index (Phi) is 10.4. The number of nitrogens with one attached hydrogen (secondary N) is 2. The molecule has 0 radical (unpaired) electrons. The summed E-state index contributed by atoms with van der Waals surface area (Å²) in [5, 5.41) is 16.2. The third-order valence-electron chi connectivity index (χ3n) is 5.30. The van der Waals surface area contributed by atoms with E-state index < -0.39 is 0 Å². The van der Waals surface area contributed by atoms with Crippen LogP contribution in [0, 0.1) is 17.8 Å². The lowest BCUT2D eigenvalue weighted by molar-refractivity contribution is -0.0265. The molecule has 1 saturated heterocycles. The molecule has 0 saturated carbocycles. The van der Waals surface area contributed by atoms with Crippen molar-refractivity contribution in [3.63, 3.8) is 0 Å². The molecule has 1 heterocycles. The second kappa shape index (κ2) is 12.8. The van der Waals surface area contributed by atoms with E-state index in [4.69, 9.17) is 9.73 Å². The monoisotopic (exact) mass is 389 g/mol. The van der Waals surface area contributed by atoms with Gasteiger partial charge in [0.25, 0.3) is 0 Å². The van der Waals surface area contributed by atoms with Crippen LogP contribution < -0.4 is 10.6 Å². The highest BCUT2D eigenvalue weighted by atomic mass is 16.5. The van der Waals surface area contributed by atoms with Gasteiger partial charge in [-0.05, 0) is 50.0 Å². The van der Waals surface area contributed by atoms with Gasteiger partial charge in [-0.2, -0.15) is 0 Å². The number of rotatable bonds is 10. The van der Waals surface area contributed by atoms with E-state index in [0.717, 1.165) is 57.9 Å². The Morgan fingerprint density at radius 3 is 2.71 bits per heavy atom. The topological polar surface area (TPSA) is 65.9 Å². The fraction of sp³-hybridized carbons (Fsp3) is 0.696. The average Bonchev–Trinajstić information content (AvgIpc) is 2.70. The number of benzene rings is 1. The predicted molar refractivity (Wildman–Crippen MR) is 116 cm³/mol. The second-order valence-electron chi connectivity index (χ2n) is 8.21. The molecular weight excluding hydrogens is 350 g/mol. The number of aliphatic hydroxyl groups is 1. The number of aliphatic imine (C=N–C) groups is 1. The fourth-order valence-electron chi connectivity index (χ4n) is 3.99. The van der Waals surface area contributed by atoms with E-state index in [0.29, 0.717) is 17.8 Å². The number of hydrogen-bond donors (Lipinski definition) is 3.